The average molecular weight is 158 g/mol. The molecule has 0 unspecified atom stereocenters. The molecule has 0 aliphatic heterocycles. The zero-order valence-electron chi connectivity index (χ0n) is 5.37. The molecule has 1 heterocycles. The Labute approximate surface area is 60.4 Å². The van der Waals surface area contributed by atoms with E-state index in [1.54, 1.807) is 0 Å². The highest BCUT2D eigenvalue weighted by Gasteiger charge is 2.00. The number of aromatic nitrogens is 2. The van der Waals surface area contributed by atoms with Crippen molar-refractivity contribution in [1.82, 2.24) is 9.66 Å². The minimum Gasteiger partial charge on any atom is -0.493 e. The number of hydrogen-bond acceptors (Lipinski definition) is 3. The first-order chi connectivity index (χ1) is 5.09. The lowest BCUT2D eigenvalue weighted by Crippen LogP contribution is -2.34. The molecule has 0 radical (unpaired) electrons. The van der Waals surface area contributed by atoms with Crippen LogP contribution in [0.5, 0.6) is 5.88 Å². The second kappa shape index (κ2) is 2.37. The fourth-order valence-electron chi connectivity index (χ4n) is 0.585. The number of carbonyl (C=O) groups is 1. The molecule has 7 nitrogen and oxygen atoms in total. The Morgan fingerprint density at radius 1 is 1.82 bits per heavy atom. The number of imidazole rings is 1. The minimum absolute atomic E-state index is 0.344. The van der Waals surface area contributed by atoms with Gasteiger partial charge in [0.25, 0.3) is 0 Å². The molecular weight excluding hydrogens is 152 g/mol. The van der Waals surface area contributed by atoms with E-state index in [9.17, 15) is 9.59 Å². The monoisotopic (exact) mass is 158 g/mol. The Morgan fingerprint density at radius 3 is 2.82 bits per heavy atom. The van der Waals surface area contributed by atoms with E-state index in [1.807, 2.05) is 10.4 Å². The van der Waals surface area contributed by atoms with Crippen molar-refractivity contribution in [1.29, 1.82) is 0 Å². The van der Waals surface area contributed by atoms with Crippen molar-refractivity contribution in [3.63, 3.8) is 0 Å². The molecule has 60 valence electrons. The Bertz CT molecular complexity index is 324. The van der Waals surface area contributed by atoms with Crippen molar-refractivity contribution in [3.8, 4) is 5.88 Å². The highest BCUT2D eigenvalue weighted by atomic mass is 16.3. The molecule has 0 aliphatic carbocycles. The maximum atomic E-state index is 10.7. The quantitative estimate of drug-likeness (QED) is 0.399. The van der Waals surface area contributed by atoms with E-state index in [-0.39, 0.29) is 5.88 Å². The summed E-state index contributed by atoms with van der Waals surface area (Å²) in [7, 11) is 0. The average Bonchev–Trinajstić information content (AvgIpc) is 2.09. The smallest absolute Gasteiger partial charge is 0.347 e. The molecule has 5 N–H and O–H groups in total. The van der Waals surface area contributed by atoms with Crippen molar-refractivity contribution < 1.29 is 9.90 Å². The maximum Gasteiger partial charge on any atom is 0.347 e. The first-order valence-electron chi connectivity index (χ1n) is 2.66. The van der Waals surface area contributed by atoms with E-state index in [0.717, 1.165) is 10.9 Å². The van der Waals surface area contributed by atoms with Crippen LogP contribution in [0.15, 0.2) is 11.0 Å². The van der Waals surface area contributed by atoms with Crippen LogP contribution in [-0.2, 0) is 0 Å². The molecule has 2 amide bonds. The van der Waals surface area contributed by atoms with Crippen LogP contribution in [0.25, 0.3) is 0 Å². The topological polar surface area (TPSA) is 113 Å². The second-order valence-electron chi connectivity index (χ2n) is 1.79. The zero-order valence-corrected chi connectivity index (χ0v) is 5.37. The predicted molar refractivity (Wildman–Crippen MR) is 35.7 cm³/mol. The largest absolute Gasteiger partial charge is 0.493 e. The number of primary amides is 1. The first-order valence-corrected chi connectivity index (χ1v) is 2.66. The third-order valence-electron chi connectivity index (χ3n) is 0.936. The summed E-state index contributed by atoms with van der Waals surface area (Å²) in [5, 5.41) is 8.68. The molecule has 0 bridgehead atoms. The Morgan fingerprint density at radius 2 is 2.45 bits per heavy atom. The van der Waals surface area contributed by atoms with Gasteiger partial charge in [0.2, 0.25) is 5.88 Å². The molecular formula is C4H6N4O3. The van der Waals surface area contributed by atoms with E-state index in [0.29, 0.717) is 0 Å². The number of H-pyrrole nitrogens is 1. The van der Waals surface area contributed by atoms with Gasteiger partial charge in [-0.1, -0.05) is 0 Å². The summed E-state index contributed by atoms with van der Waals surface area (Å²) in [6, 6.07) is -0.883. The normalized spacial score (nSPS) is 9.45. The van der Waals surface area contributed by atoms with Crippen LogP contribution in [0, 0.1) is 0 Å². The standard InChI is InChI=1S/C4H6N4O3/c5-3(10)7-8-1-2(9)6-4(8)11/h1,9H,(H,6,11)(H3,5,7,10). The van der Waals surface area contributed by atoms with Crippen molar-refractivity contribution in [2.24, 2.45) is 5.73 Å². The Hall–Kier alpha value is -1.92. The van der Waals surface area contributed by atoms with Gasteiger partial charge in [-0.05, 0) is 0 Å². The summed E-state index contributed by atoms with van der Waals surface area (Å²) in [6.07, 6.45) is 0.993. The van der Waals surface area contributed by atoms with Gasteiger partial charge in [-0.15, -0.1) is 0 Å². The number of carbonyl (C=O) groups excluding carboxylic acids is 1. The maximum absolute atomic E-state index is 10.7. The molecule has 0 saturated carbocycles. The molecule has 7 heteroatoms. The molecule has 1 aromatic heterocycles. The number of nitrogens with two attached hydrogens (primary N) is 1. The molecule has 0 aromatic carbocycles. The predicted octanol–water partition coefficient (Wildman–Crippen LogP) is -1.50. The number of aromatic amines is 1. The summed E-state index contributed by atoms with van der Waals surface area (Å²) in [5.41, 5.74) is 5.98. The Balaban J connectivity index is 2.95. The minimum atomic E-state index is -0.883. The van der Waals surface area contributed by atoms with Crippen LogP contribution in [0.3, 0.4) is 0 Å². The van der Waals surface area contributed by atoms with Crippen LogP contribution < -0.4 is 16.8 Å². The molecule has 11 heavy (non-hydrogen) atoms. The number of rotatable bonds is 1. The van der Waals surface area contributed by atoms with E-state index in [1.165, 1.54) is 0 Å². The fraction of sp³-hybridized carbons (Fsp3) is 0. The van der Waals surface area contributed by atoms with E-state index >= 15 is 0 Å². The first kappa shape index (κ1) is 7.19. The molecule has 1 aromatic rings. The SMILES string of the molecule is NC(=O)Nn1cc(O)[nH]c1=O. The highest BCUT2D eigenvalue weighted by Crippen LogP contribution is 1.94. The van der Waals surface area contributed by atoms with Gasteiger partial charge in [0.05, 0.1) is 6.20 Å². The summed E-state index contributed by atoms with van der Waals surface area (Å²) in [4.78, 5) is 22.8. The summed E-state index contributed by atoms with van der Waals surface area (Å²) < 4.78 is 0.734. The number of hydrogen-bond donors (Lipinski definition) is 4. The van der Waals surface area contributed by atoms with Gasteiger partial charge in [-0.3, -0.25) is 4.98 Å². The van der Waals surface area contributed by atoms with E-state index in [2.05, 4.69) is 0 Å². The van der Waals surface area contributed by atoms with E-state index < -0.39 is 11.7 Å². The summed E-state index contributed by atoms with van der Waals surface area (Å²) in [5.74, 6) is -0.344. The van der Waals surface area contributed by atoms with Crippen LogP contribution >= 0.6 is 0 Å². The van der Waals surface area contributed by atoms with Crippen molar-refractivity contribution in [3.05, 3.63) is 16.7 Å². The Kier molecular flexibility index (Phi) is 1.55. The van der Waals surface area contributed by atoms with Crippen molar-refractivity contribution in [2.75, 3.05) is 5.43 Å². The lowest BCUT2D eigenvalue weighted by molar-refractivity contribution is 0.256. The molecule has 1 rings (SSSR count). The van der Waals surface area contributed by atoms with Gasteiger partial charge in [-0.25, -0.2) is 19.7 Å². The van der Waals surface area contributed by atoms with Crippen molar-refractivity contribution in [2.45, 2.75) is 0 Å². The van der Waals surface area contributed by atoms with Crippen LogP contribution in [0.1, 0.15) is 0 Å². The van der Waals surface area contributed by atoms with E-state index in [4.69, 9.17) is 10.8 Å². The zero-order chi connectivity index (χ0) is 8.43. The summed E-state index contributed by atoms with van der Waals surface area (Å²) in [6.45, 7) is 0. The third-order valence-corrected chi connectivity index (χ3v) is 0.936. The molecule has 0 fully saturated rings. The van der Waals surface area contributed by atoms with Crippen LogP contribution in [0.4, 0.5) is 4.79 Å². The van der Waals surface area contributed by atoms with Gasteiger partial charge in [0.15, 0.2) is 0 Å². The number of aromatic hydroxyl groups is 1. The highest BCUT2D eigenvalue weighted by molar-refractivity contribution is 5.79. The lowest BCUT2D eigenvalue weighted by Gasteiger charge is -1.96. The second-order valence-corrected chi connectivity index (χ2v) is 1.79. The molecule has 0 aliphatic rings. The van der Waals surface area contributed by atoms with Crippen LogP contribution in [0.2, 0.25) is 0 Å². The van der Waals surface area contributed by atoms with Crippen LogP contribution in [-0.4, -0.2) is 20.8 Å². The van der Waals surface area contributed by atoms with Gasteiger partial charge >= 0.3 is 11.7 Å². The number of nitrogens with one attached hydrogen (secondary N) is 2. The van der Waals surface area contributed by atoms with Crippen molar-refractivity contribution >= 4 is 6.03 Å². The van der Waals surface area contributed by atoms with Gasteiger partial charge in [0.1, 0.15) is 0 Å². The molecule has 0 atom stereocenters. The summed E-state index contributed by atoms with van der Waals surface area (Å²) >= 11 is 0. The van der Waals surface area contributed by atoms with Gasteiger partial charge in [-0.2, -0.15) is 0 Å². The molecule has 0 spiro atoms. The van der Waals surface area contributed by atoms with Gasteiger partial charge < -0.3 is 10.8 Å². The number of urea groups is 1. The molecule has 0 saturated heterocycles. The third kappa shape index (κ3) is 1.51. The number of nitrogens with zero attached hydrogens (tertiary/aromatic N) is 1. The lowest BCUT2D eigenvalue weighted by atomic mass is 10.9. The fourth-order valence-corrected chi connectivity index (χ4v) is 0.585. The van der Waals surface area contributed by atoms with Gasteiger partial charge in [0, 0.05) is 0 Å². The number of amides is 2.